The van der Waals surface area contributed by atoms with Crippen molar-refractivity contribution in [3.8, 4) is 5.75 Å². The number of hydrogen-bond acceptors (Lipinski definition) is 2. The highest BCUT2D eigenvalue weighted by molar-refractivity contribution is 9.10. The Morgan fingerprint density at radius 3 is 2.32 bits per heavy atom. The second-order valence-corrected chi connectivity index (χ2v) is 6.22. The van der Waals surface area contributed by atoms with Gasteiger partial charge in [-0.3, -0.25) is 0 Å². The van der Waals surface area contributed by atoms with Crippen molar-refractivity contribution in [1.82, 2.24) is 0 Å². The van der Waals surface area contributed by atoms with Crippen LogP contribution in [0.3, 0.4) is 0 Å². The first-order valence-electron chi connectivity index (χ1n) is 5.98. The molecule has 0 aliphatic carbocycles. The molecule has 100 valence electrons. The Kier molecular flexibility index (Phi) is 5.02. The fraction of sp³-hybridized carbons (Fsp3) is 0.200. The van der Waals surface area contributed by atoms with E-state index in [1.54, 1.807) is 0 Å². The second-order valence-electron chi connectivity index (χ2n) is 4.39. The minimum Gasteiger partial charge on any atom is -0.489 e. The average Bonchev–Trinajstić information content (AvgIpc) is 2.39. The van der Waals surface area contributed by atoms with Crippen LogP contribution in [0, 0.1) is 0 Å². The van der Waals surface area contributed by atoms with Crippen LogP contribution >= 0.6 is 31.9 Å². The van der Waals surface area contributed by atoms with Gasteiger partial charge in [-0.05, 0) is 42.8 Å². The summed E-state index contributed by atoms with van der Waals surface area (Å²) in [6.45, 7) is 2.49. The Hall–Kier alpha value is -0.840. The zero-order valence-electron chi connectivity index (χ0n) is 10.6. The Morgan fingerprint density at radius 2 is 1.68 bits per heavy atom. The van der Waals surface area contributed by atoms with Crippen molar-refractivity contribution in [1.29, 1.82) is 0 Å². The molecule has 1 atom stereocenters. The first-order chi connectivity index (χ1) is 9.06. The minimum absolute atomic E-state index is 0.0579. The van der Waals surface area contributed by atoms with E-state index in [4.69, 9.17) is 10.5 Å². The van der Waals surface area contributed by atoms with Crippen molar-refractivity contribution in [2.75, 3.05) is 0 Å². The van der Waals surface area contributed by atoms with E-state index in [-0.39, 0.29) is 6.04 Å². The van der Waals surface area contributed by atoms with Crippen LogP contribution in [0.2, 0.25) is 0 Å². The van der Waals surface area contributed by atoms with Gasteiger partial charge in [-0.2, -0.15) is 0 Å². The molecule has 0 spiro atoms. The lowest BCUT2D eigenvalue weighted by Crippen LogP contribution is -2.08. The monoisotopic (exact) mass is 383 g/mol. The second kappa shape index (κ2) is 6.55. The maximum absolute atomic E-state index is 5.97. The Labute approximate surface area is 130 Å². The molecule has 0 fully saturated rings. The molecule has 1 unspecified atom stereocenters. The minimum atomic E-state index is -0.0579. The van der Waals surface area contributed by atoms with Crippen LogP contribution in [0.15, 0.2) is 51.4 Å². The van der Waals surface area contributed by atoms with Crippen molar-refractivity contribution < 1.29 is 4.74 Å². The third-order valence-corrected chi connectivity index (χ3v) is 3.79. The standard InChI is InChI=1S/C15H15Br2NO/c1-10(18)14-8-13(17)6-7-15(14)19-9-11-2-4-12(16)5-3-11/h2-8,10H,9,18H2,1H3. The van der Waals surface area contributed by atoms with E-state index < -0.39 is 0 Å². The fourth-order valence-electron chi connectivity index (χ4n) is 1.75. The molecular weight excluding hydrogens is 370 g/mol. The SMILES string of the molecule is CC(N)c1cc(Br)ccc1OCc1ccc(Br)cc1. The van der Waals surface area contributed by atoms with Gasteiger partial charge in [-0.15, -0.1) is 0 Å². The van der Waals surface area contributed by atoms with E-state index in [0.717, 1.165) is 25.8 Å². The van der Waals surface area contributed by atoms with Crippen LogP contribution in [-0.2, 0) is 6.61 Å². The number of rotatable bonds is 4. The highest BCUT2D eigenvalue weighted by Crippen LogP contribution is 2.28. The molecule has 0 amide bonds. The van der Waals surface area contributed by atoms with Crippen molar-refractivity contribution >= 4 is 31.9 Å². The molecule has 2 nitrogen and oxygen atoms in total. The lowest BCUT2D eigenvalue weighted by atomic mass is 10.1. The molecule has 2 N–H and O–H groups in total. The molecule has 2 aromatic rings. The third kappa shape index (κ3) is 4.06. The van der Waals surface area contributed by atoms with Gasteiger partial charge in [-0.25, -0.2) is 0 Å². The lowest BCUT2D eigenvalue weighted by molar-refractivity contribution is 0.301. The van der Waals surface area contributed by atoms with Gasteiger partial charge in [-0.1, -0.05) is 44.0 Å². The highest BCUT2D eigenvalue weighted by Gasteiger charge is 2.09. The molecule has 0 aliphatic heterocycles. The van der Waals surface area contributed by atoms with Gasteiger partial charge in [0.05, 0.1) is 0 Å². The van der Waals surface area contributed by atoms with Crippen LogP contribution in [0.1, 0.15) is 24.1 Å². The zero-order valence-corrected chi connectivity index (χ0v) is 13.7. The van der Waals surface area contributed by atoms with Gasteiger partial charge in [0.15, 0.2) is 0 Å². The normalized spacial score (nSPS) is 12.2. The lowest BCUT2D eigenvalue weighted by Gasteiger charge is -2.14. The number of nitrogens with two attached hydrogens (primary N) is 1. The van der Waals surface area contributed by atoms with E-state index in [1.807, 2.05) is 49.4 Å². The van der Waals surface area contributed by atoms with Gasteiger partial charge in [0.25, 0.3) is 0 Å². The van der Waals surface area contributed by atoms with Gasteiger partial charge in [0.1, 0.15) is 12.4 Å². The smallest absolute Gasteiger partial charge is 0.124 e. The summed E-state index contributed by atoms with van der Waals surface area (Å²) in [6, 6.07) is 13.9. The maximum Gasteiger partial charge on any atom is 0.124 e. The number of hydrogen-bond donors (Lipinski definition) is 1. The van der Waals surface area contributed by atoms with Crippen LogP contribution in [0.4, 0.5) is 0 Å². The van der Waals surface area contributed by atoms with Gasteiger partial charge in [0.2, 0.25) is 0 Å². The van der Waals surface area contributed by atoms with Gasteiger partial charge < -0.3 is 10.5 Å². The maximum atomic E-state index is 5.97. The van der Waals surface area contributed by atoms with E-state index in [2.05, 4.69) is 31.9 Å². The highest BCUT2D eigenvalue weighted by atomic mass is 79.9. The van der Waals surface area contributed by atoms with Crippen LogP contribution in [-0.4, -0.2) is 0 Å². The Morgan fingerprint density at radius 1 is 1.05 bits per heavy atom. The van der Waals surface area contributed by atoms with Gasteiger partial charge in [0, 0.05) is 20.6 Å². The number of halogens is 2. The molecule has 19 heavy (non-hydrogen) atoms. The van der Waals surface area contributed by atoms with Crippen LogP contribution in [0.5, 0.6) is 5.75 Å². The van der Waals surface area contributed by atoms with E-state index in [1.165, 1.54) is 0 Å². The molecule has 0 radical (unpaired) electrons. The quantitative estimate of drug-likeness (QED) is 0.820. The van der Waals surface area contributed by atoms with Gasteiger partial charge >= 0.3 is 0 Å². The molecule has 0 bridgehead atoms. The molecule has 4 heteroatoms. The third-order valence-electron chi connectivity index (χ3n) is 2.77. The van der Waals surface area contributed by atoms with Crippen LogP contribution < -0.4 is 10.5 Å². The predicted octanol–water partition coefficient (Wildman–Crippen LogP) is 4.81. The summed E-state index contributed by atoms with van der Waals surface area (Å²) in [5.74, 6) is 0.834. The first kappa shape index (κ1) is 14.6. The summed E-state index contributed by atoms with van der Waals surface area (Å²) in [4.78, 5) is 0. The molecular formula is C15H15Br2NO. The summed E-state index contributed by atoms with van der Waals surface area (Å²) in [5.41, 5.74) is 8.10. The zero-order chi connectivity index (χ0) is 13.8. The molecule has 0 saturated heterocycles. The molecule has 0 aromatic heterocycles. The summed E-state index contributed by atoms with van der Waals surface area (Å²) in [6.07, 6.45) is 0. The first-order valence-corrected chi connectivity index (χ1v) is 7.57. The molecule has 0 aliphatic rings. The van der Waals surface area contributed by atoms with Crippen molar-refractivity contribution in [3.05, 3.63) is 62.5 Å². The van der Waals surface area contributed by atoms with E-state index in [9.17, 15) is 0 Å². The number of ether oxygens (including phenoxy) is 1. The molecule has 0 heterocycles. The van der Waals surface area contributed by atoms with Crippen molar-refractivity contribution in [3.63, 3.8) is 0 Å². The predicted molar refractivity (Wildman–Crippen MR) is 85.2 cm³/mol. The Bertz CT molecular complexity index is 553. The Balaban J connectivity index is 2.13. The molecule has 2 rings (SSSR count). The number of benzene rings is 2. The van der Waals surface area contributed by atoms with E-state index in [0.29, 0.717) is 6.61 Å². The van der Waals surface area contributed by atoms with Crippen LogP contribution in [0.25, 0.3) is 0 Å². The fourth-order valence-corrected chi connectivity index (χ4v) is 2.39. The van der Waals surface area contributed by atoms with Crippen molar-refractivity contribution in [2.45, 2.75) is 19.6 Å². The average molecular weight is 385 g/mol. The topological polar surface area (TPSA) is 35.2 Å². The largest absolute Gasteiger partial charge is 0.489 e. The summed E-state index contributed by atoms with van der Waals surface area (Å²) >= 11 is 6.87. The summed E-state index contributed by atoms with van der Waals surface area (Å²) in [5, 5.41) is 0. The summed E-state index contributed by atoms with van der Waals surface area (Å²) in [7, 11) is 0. The van der Waals surface area contributed by atoms with Crippen molar-refractivity contribution in [2.24, 2.45) is 5.73 Å². The van der Waals surface area contributed by atoms with E-state index >= 15 is 0 Å². The summed E-state index contributed by atoms with van der Waals surface area (Å²) < 4.78 is 7.94. The molecule has 2 aromatic carbocycles. The molecule has 0 saturated carbocycles.